The van der Waals surface area contributed by atoms with Gasteiger partial charge in [0.25, 0.3) is 0 Å². The molecule has 2 N–H and O–H groups in total. The van der Waals surface area contributed by atoms with Crippen LogP contribution in [-0.4, -0.2) is 45.0 Å². The Morgan fingerprint density at radius 2 is 2.08 bits per heavy atom. The number of rotatable bonds is 3. The minimum atomic E-state index is -0.515. The zero-order valence-corrected chi connectivity index (χ0v) is 16.9. The molecular weight excluding hydrogens is 398 g/mol. The Balaban J connectivity index is 1.82. The third-order valence-electron chi connectivity index (χ3n) is 3.86. The second-order valence-corrected chi connectivity index (χ2v) is 8.13. The van der Waals surface area contributed by atoms with Crippen molar-refractivity contribution in [2.75, 3.05) is 19.3 Å². The summed E-state index contributed by atoms with van der Waals surface area (Å²) >= 11 is 3.45. The Bertz CT molecular complexity index is 977. The summed E-state index contributed by atoms with van der Waals surface area (Å²) in [5.74, 6) is 0.393. The van der Waals surface area contributed by atoms with Crippen LogP contribution >= 0.6 is 15.9 Å². The van der Waals surface area contributed by atoms with Gasteiger partial charge in [0, 0.05) is 35.0 Å². The van der Waals surface area contributed by atoms with Crippen molar-refractivity contribution < 1.29 is 9.53 Å². The number of carbonyl (C=O) groups is 1. The van der Waals surface area contributed by atoms with Crippen molar-refractivity contribution in [1.82, 2.24) is 19.7 Å². The largest absolute Gasteiger partial charge is 0.444 e. The Kier molecular flexibility index (Phi) is 4.79. The standard InChI is InChI=1S/C18H22BrN5O2/c1-18(2,3)26-17(25)23(4)7-8-24-10-13-12-6-5-11(19)9-14(12)21-16(20)15(13)22-24/h5-6,9-10H,7-8H2,1-4H3,(H2,20,21). The van der Waals surface area contributed by atoms with Gasteiger partial charge < -0.3 is 15.4 Å². The summed E-state index contributed by atoms with van der Waals surface area (Å²) in [6.45, 7) is 6.54. The summed E-state index contributed by atoms with van der Waals surface area (Å²) in [7, 11) is 1.71. The number of halogens is 1. The predicted octanol–water partition coefficient (Wildman–Crippen LogP) is 3.80. The maximum absolute atomic E-state index is 12.1. The van der Waals surface area contributed by atoms with E-state index in [4.69, 9.17) is 10.5 Å². The second-order valence-electron chi connectivity index (χ2n) is 7.21. The third kappa shape index (κ3) is 3.90. The van der Waals surface area contributed by atoms with Crippen LogP contribution < -0.4 is 5.73 Å². The number of nitrogens with two attached hydrogens (primary N) is 1. The minimum absolute atomic E-state index is 0.356. The first kappa shape index (κ1) is 18.4. The lowest BCUT2D eigenvalue weighted by atomic mass is 10.1. The average molecular weight is 420 g/mol. The molecule has 0 spiro atoms. The van der Waals surface area contributed by atoms with Gasteiger partial charge in [-0.25, -0.2) is 9.78 Å². The number of hydrogen-bond donors (Lipinski definition) is 1. The summed E-state index contributed by atoms with van der Waals surface area (Å²) in [6, 6.07) is 5.89. The molecule has 0 bridgehead atoms. The van der Waals surface area contributed by atoms with Gasteiger partial charge in [-0.2, -0.15) is 5.10 Å². The highest BCUT2D eigenvalue weighted by atomic mass is 79.9. The number of fused-ring (bicyclic) bond motifs is 3. The number of nitrogens with zero attached hydrogens (tertiary/aromatic N) is 4. The summed E-state index contributed by atoms with van der Waals surface area (Å²) in [5, 5.41) is 6.46. The van der Waals surface area contributed by atoms with E-state index in [-0.39, 0.29) is 6.09 Å². The third-order valence-corrected chi connectivity index (χ3v) is 4.36. The van der Waals surface area contributed by atoms with Gasteiger partial charge >= 0.3 is 6.09 Å². The number of aromatic nitrogens is 3. The molecular formula is C18H22BrN5O2. The van der Waals surface area contributed by atoms with Crippen molar-refractivity contribution in [1.29, 1.82) is 0 Å². The molecule has 138 valence electrons. The van der Waals surface area contributed by atoms with Crippen LogP contribution in [-0.2, 0) is 11.3 Å². The normalized spacial score (nSPS) is 11.9. The number of benzene rings is 1. The summed E-state index contributed by atoms with van der Waals surface area (Å²) < 4.78 is 8.09. The van der Waals surface area contributed by atoms with Crippen LogP contribution in [0.5, 0.6) is 0 Å². The van der Waals surface area contributed by atoms with Gasteiger partial charge in [-0.05, 0) is 32.9 Å². The SMILES string of the molecule is CN(CCn1cc2c(n1)c(N)nc1cc(Br)ccc12)C(=O)OC(C)(C)C. The van der Waals surface area contributed by atoms with Crippen molar-refractivity contribution in [3.63, 3.8) is 0 Å². The minimum Gasteiger partial charge on any atom is -0.444 e. The monoisotopic (exact) mass is 419 g/mol. The maximum atomic E-state index is 12.1. The molecule has 8 heteroatoms. The number of carbonyl (C=O) groups excluding carboxylic acids is 1. The lowest BCUT2D eigenvalue weighted by Gasteiger charge is -2.24. The van der Waals surface area contributed by atoms with Crippen LogP contribution in [0.2, 0.25) is 0 Å². The van der Waals surface area contributed by atoms with Crippen molar-refractivity contribution >= 4 is 49.6 Å². The zero-order valence-electron chi connectivity index (χ0n) is 15.3. The van der Waals surface area contributed by atoms with E-state index in [2.05, 4.69) is 26.0 Å². The number of anilines is 1. The fourth-order valence-corrected chi connectivity index (χ4v) is 2.96. The van der Waals surface area contributed by atoms with Crippen LogP contribution in [0.25, 0.3) is 21.8 Å². The van der Waals surface area contributed by atoms with E-state index in [9.17, 15) is 4.79 Å². The molecule has 0 saturated heterocycles. The van der Waals surface area contributed by atoms with E-state index in [1.165, 1.54) is 4.90 Å². The lowest BCUT2D eigenvalue weighted by Crippen LogP contribution is -2.36. The number of likely N-dealkylation sites (N-methyl/N-ethyl adjacent to an activating group) is 1. The van der Waals surface area contributed by atoms with E-state index < -0.39 is 5.60 Å². The first-order valence-electron chi connectivity index (χ1n) is 8.30. The number of amides is 1. The first-order chi connectivity index (χ1) is 12.1. The van der Waals surface area contributed by atoms with Gasteiger partial charge in [0.1, 0.15) is 11.1 Å². The summed E-state index contributed by atoms with van der Waals surface area (Å²) in [5.41, 5.74) is 7.04. The molecule has 0 aliphatic rings. The number of ether oxygens (including phenoxy) is 1. The Morgan fingerprint density at radius 1 is 1.35 bits per heavy atom. The van der Waals surface area contributed by atoms with Gasteiger partial charge in [0.05, 0.1) is 12.1 Å². The molecule has 0 aliphatic carbocycles. The molecule has 3 rings (SSSR count). The van der Waals surface area contributed by atoms with Crippen LogP contribution in [0.3, 0.4) is 0 Å². The first-order valence-corrected chi connectivity index (χ1v) is 9.09. The predicted molar refractivity (Wildman–Crippen MR) is 106 cm³/mol. The molecule has 7 nitrogen and oxygen atoms in total. The molecule has 1 amide bonds. The van der Waals surface area contributed by atoms with Crippen molar-refractivity contribution in [2.45, 2.75) is 32.9 Å². The van der Waals surface area contributed by atoms with Crippen LogP contribution in [0.1, 0.15) is 20.8 Å². The number of hydrogen-bond acceptors (Lipinski definition) is 5. The Hall–Kier alpha value is -2.35. The maximum Gasteiger partial charge on any atom is 0.410 e. The molecule has 0 saturated carbocycles. The van der Waals surface area contributed by atoms with Gasteiger partial charge in [-0.1, -0.05) is 22.0 Å². The van der Waals surface area contributed by atoms with Crippen LogP contribution in [0.4, 0.5) is 10.6 Å². The topological polar surface area (TPSA) is 86.3 Å². The van der Waals surface area contributed by atoms with Gasteiger partial charge in [0.2, 0.25) is 0 Å². The Morgan fingerprint density at radius 3 is 2.77 bits per heavy atom. The van der Waals surface area contributed by atoms with E-state index in [1.54, 1.807) is 11.7 Å². The quantitative estimate of drug-likeness (QED) is 0.697. The highest BCUT2D eigenvalue weighted by Gasteiger charge is 2.19. The molecule has 0 fully saturated rings. The van der Waals surface area contributed by atoms with Gasteiger partial charge in [-0.3, -0.25) is 4.68 Å². The molecule has 0 unspecified atom stereocenters. The molecule has 0 radical (unpaired) electrons. The molecule has 2 aromatic heterocycles. The number of nitrogen functional groups attached to an aromatic ring is 1. The van der Waals surface area contributed by atoms with E-state index >= 15 is 0 Å². The zero-order chi connectivity index (χ0) is 19.1. The van der Waals surface area contributed by atoms with Crippen molar-refractivity contribution in [3.05, 3.63) is 28.9 Å². The van der Waals surface area contributed by atoms with Crippen LogP contribution in [0.15, 0.2) is 28.9 Å². The molecule has 3 aromatic rings. The van der Waals surface area contributed by atoms with E-state index in [0.29, 0.717) is 24.4 Å². The average Bonchev–Trinajstić information content (AvgIpc) is 2.95. The second kappa shape index (κ2) is 6.75. The molecule has 26 heavy (non-hydrogen) atoms. The molecule has 1 aromatic carbocycles. The lowest BCUT2D eigenvalue weighted by molar-refractivity contribution is 0.0292. The Labute approximate surface area is 160 Å². The van der Waals surface area contributed by atoms with Crippen LogP contribution in [0, 0.1) is 0 Å². The van der Waals surface area contributed by atoms with Gasteiger partial charge in [-0.15, -0.1) is 0 Å². The summed E-state index contributed by atoms with van der Waals surface area (Å²) in [6.07, 6.45) is 1.58. The van der Waals surface area contributed by atoms with E-state index in [1.807, 2.05) is 45.2 Å². The molecule has 2 heterocycles. The van der Waals surface area contributed by atoms with E-state index in [0.717, 1.165) is 20.8 Å². The fraction of sp³-hybridized carbons (Fsp3) is 0.389. The number of pyridine rings is 1. The molecule has 0 aliphatic heterocycles. The van der Waals surface area contributed by atoms with Crippen molar-refractivity contribution in [3.8, 4) is 0 Å². The smallest absolute Gasteiger partial charge is 0.410 e. The van der Waals surface area contributed by atoms with Gasteiger partial charge in [0.15, 0.2) is 5.82 Å². The summed E-state index contributed by atoms with van der Waals surface area (Å²) in [4.78, 5) is 18.0. The van der Waals surface area contributed by atoms with Crippen molar-refractivity contribution in [2.24, 2.45) is 0 Å². The highest BCUT2D eigenvalue weighted by molar-refractivity contribution is 9.10. The fourth-order valence-electron chi connectivity index (χ4n) is 2.61. The highest BCUT2D eigenvalue weighted by Crippen LogP contribution is 2.28. The molecule has 0 atom stereocenters.